The van der Waals surface area contributed by atoms with Crippen molar-refractivity contribution in [3.8, 4) is 0 Å². The van der Waals surface area contributed by atoms with Crippen molar-refractivity contribution in [1.82, 2.24) is 9.62 Å². The molecule has 0 spiro atoms. The van der Waals surface area contributed by atoms with Crippen molar-refractivity contribution in [1.29, 1.82) is 0 Å². The summed E-state index contributed by atoms with van der Waals surface area (Å²) in [5, 5.41) is 12.1. The average molecular weight is 395 g/mol. The number of rotatable bonds is 10. The molecule has 2 atom stereocenters. The predicted octanol–water partition coefficient (Wildman–Crippen LogP) is 2.93. The number of nitrogens with zero attached hydrogens (tertiary/aromatic N) is 1. The molecule has 0 heterocycles. The summed E-state index contributed by atoms with van der Waals surface area (Å²) in [6.45, 7) is 7.70. The first-order chi connectivity index (χ1) is 12.6. The molecule has 0 bridgehead atoms. The van der Waals surface area contributed by atoms with Crippen LogP contribution >= 0.6 is 12.8 Å². The van der Waals surface area contributed by atoms with Gasteiger partial charge in [0.2, 0.25) is 11.8 Å². The normalized spacial score (nSPS) is 13.3. The van der Waals surface area contributed by atoms with Crippen LogP contribution in [0.4, 0.5) is 0 Å². The molecule has 7 heteroatoms. The summed E-state index contributed by atoms with van der Waals surface area (Å²) >= 11 is 4.26. The highest BCUT2D eigenvalue weighted by Gasteiger charge is 2.31. The van der Waals surface area contributed by atoms with Crippen LogP contribution in [0.5, 0.6) is 0 Å². The maximum Gasteiger partial charge on any atom is 0.326 e. The molecule has 2 amide bonds. The van der Waals surface area contributed by atoms with Gasteiger partial charge < -0.3 is 10.4 Å². The highest BCUT2D eigenvalue weighted by atomic mass is 32.1. The van der Waals surface area contributed by atoms with E-state index in [-0.39, 0.29) is 30.6 Å². The number of hydrogen-bond donors (Lipinski definition) is 3. The molecule has 2 unspecified atom stereocenters. The van der Waals surface area contributed by atoms with Gasteiger partial charge in [-0.2, -0.15) is 0 Å². The minimum Gasteiger partial charge on any atom is -0.480 e. The molecule has 2 N–H and O–H groups in total. The third-order valence-corrected chi connectivity index (χ3v) is 4.53. The molecule has 0 aliphatic carbocycles. The van der Waals surface area contributed by atoms with Crippen LogP contribution in [0.15, 0.2) is 30.3 Å². The fourth-order valence-corrected chi connectivity index (χ4v) is 2.98. The molecule has 0 aromatic heterocycles. The van der Waals surface area contributed by atoms with E-state index < -0.39 is 24.0 Å². The van der Waals surface area contributed by atoms with Crippen LogP contribution in [0.2, 0.25) is 0 Å². The molecule has 0 radical (unpaired) electrons. The smallest absolute Gasteiger partial charge is 0.326 e. The molecule has 0 aliphatic heterocycles. The third-order valence-electron chi connectivity index (χ3n) is 4.03. The Bertz CT molecular complexity index is 634. The zero-order chi connectivity index (χ0) is 20.6. The van der Waals surface area contributed by atoms with E-state index >= 15 is 0 Å². The average Bonchev–Trinajstić information content (AvgIpc) is 2.58. The van der Waals surface area contributed by atoms with Gasteiger partial charge >= 0.3 is 5.97 Å². The summed E-state index contributed by atoms with van der Waals surface area (Å²) in [4.78, 5) is 36.8. The van der Waals surface area contributed by atoms with Crippen LogP contribution in [-0.2, 0) is 20.8 Å². The maximum atomic E-state index is 12.8. The number of benzene rings is 1. The van der Waals surface area contributed by atoms with Crippen molar-refractivity contribution < 1.29 is 19.5 Å². The number of hydrogen-bond acceptors (Lipinski definition) is 4. The molecule has 27 heavy (non-hydrogen) atoms. The van der Waals surface area contributed by atoms with Crippen molar-refractivity contribution in [2.45, 2.75) is 59.0 Å². The number of carbonyl (C=O) groups is 3. The summed E-state index contributed by atoms with van der Waals surface area (Å²) in [7, 11) is 0. The lowest BCUT2D eigenvalue weighted by Gasteiger charge is -2.29. The van der Waals surface area contributed by atoms with Gasteiger partial charge in [0.05, 0.1) is 0 Å². The number of carbonyl (C=O) groups excluding carboxylic acids is 2. The van der Waals surface area contributed by atoms with Gasteiger partial charge in [0.25, 0.3) is 0 Å². The van der Waals surface area contributed by atoms with Crippen LogP contribution in [0.1, 0.15) is 46.1 Å². The summed E-state index contributed by atoms with van der Waals surface area (Å²) in [5.41, 5.74) is 0.809. The fraction of sp³-hybridized carbons (Fsp3) is 0.550. The summed E-state index contributed by atoms with van der Waals surface area (Å²) < 4.78 is 1.15. The minimum absolute atomic E-state index is 0.139. The van der Waals surface area contributed by atoms with Gasteiger partial charge in [-0.15, -0.1) is 0 Å². The predicted molar refractivity (Wildman–Crippen MR) is 108 cm³/mol. The Balaban J connectivity index is 2.91. The van der Waals surface area contributed by atoms with E-state index in [0.717, 1.165) is 9.87 Å². The second kappa shape index (κ2) is 11.0. The summed E-state index contributed by atoms with van der Waals surface area (Å²) in [5.74, 6) is -1.59. The van der Waals surface area contributed by atoms with Gasteiger partial charge in [-0.25, -0.2) is 4.79 Å². The lowest BCUT2D eigenvalue weighted by atomic mass is 10.0. The number of thiol groups is 1. The largest absolute Gasteiger partial charge is 0.480 e. The van der Waals surface area contributed by atoms with Gasteiger partial charge in [-0.05, 0) is 23.8 Å². The highest BCUT2D eigenvalue weighted by molar-refractivity contribution is 7.78. The zero-order valence-corrected chi connectivity index (χ0v) is 17.3. The van der Waals surface area contributed by atoms with Crippen LogP contribution in [-0.4, -0.2) is 39.3 Å². The van der Waals surface area contributed by atoms with E-state index in [9.17, 15) is 19.5 Å². The number of carboxylic acid groups (broad SMARTS) is 1. The Kier molecular flexibility index (Phi) is 9.35. The van der Waals surface area contributed by atoms with Crippen molar-refractivity contribution in [3.05, 3.63) is 35.9 Å². The van der Waals surface area contributed by atoms with Gasteiger partial charge in [0.15, 0.2) is 0 Å². The Morgan fingerprint density at radius 1 is 1.07 bits per heavy atom. The molecule has 0 aliphatic rings. The molecule has 0 saturated heterocycles. The first kappa shape index (κ1) is 23.0. The first-order valence-electron chi connectivity index (χ1n) is 9.19. The zero-order valence-electron chi connectivity index (χ0n) is 16.4. The summed E-state index contributed by atoms with van der Waals surface area (Å²) in [6.07, 6.45) is 0.845. The Morgan fingerprint density at radius 2 is 1.67 bits per heavy atom. The van der Waals surface area contributed by atoms with Gasteiger partial charge in [0.1, 0.15) is 12.1 Å². The molecule has 0 saturated carbocycles. The number of amides is 2. The van der Waals surface area contributed by atoms with Crippen LogP contribution in [0.3, 0.4) is 0 Å². The molecule has 150 valence electrons. The standard InChI is InChI=1S/C20H30N2O4S/c1-13(2)10-17(22(27)18(23)11-14(3)4)19(24)21-16(20(25)26)12-15-8-6-5-7-9-15/h5-9,13-14,16-17,27H,10-12H2,1-4H3,(H,21,24)(H,25,26). The molecular weight excluding hydrogens is 364 g/mol. The molecular formula is C20H30N2O4S. The van der Waals surface area contributed by atoms with Crippen LogP contribution in [0.25, 0.3) is 0 Å². The summed E-state index contributed by atoms with van der Waals surface area (Å²) in [6, 6.07) is 7.20. The highest BCUT2D eigenvalue weighted by Crippen LogP contribution is 2.18. The first-order valence-corrected chi connectivity index (χ1v) is 9.59. The Labute approximate surface area is 166 Å². The fourth-order valence-electron chi connectivity index (χ4n) is 2.70. The van der Waals surface area contributed by atoms with E-state index in [2.05, 4.69) is 18.1 Å². The number of carboxylic acids is 1. The maximum absolute atomic E-state index is 12.8. The van der Waals surface area contributed by atoms with Gasteiger partial charge in [-0.1, -0.05) is 70.8 Å². The van der Waals surface area contributed by atoms with Gasteiger partial charge in [-0.3, -0.25) is 13.9 Å². The van der Waals surface area contributed by atoms with Crippen molar-refractivity contribution in [2.75, 3.05) is 0 Å². The Morgan fingerprint density at radius 3 is 2.15 bits per heavy atom. The molecule has 0 fully saturated rings. The number of aliphatic carboxylic acids is 1. The molecule has 6 nitrogen and oxygen atoms in total. The van der Waals surface area contributed by atoms with Crippen molar-refractivity contribution in [3.63, 3.8) is 0 Å². The van der Waals surface area contributed by atoms with E-state index in [1.54, 1.807) is 0 Å². The topological polar surface area (TPSA) is 86.7 Å². The lowest BCUT2D eigenvalue weighted by Crippen LogP contribution is -2.51. The SMILES string of the molecule is CC(C)CC(=O)N(S)C(CC(C)C)C(=O)NC(Cc1ccccc1)C(=O)O. The molecule has 1 aromatic rings. The second-order valence-electron chi connectivity index (χ2n) is 7.57. The van der Waals surface area contributed by atoms with E-state index in [1.165, 1.54) is 0 Å². The minimum atomic E-state index is -1.12. The quantitative estimate of drug-likeness (QED) is 0.533. The monoisotopic (exact) mass is 394 g/mol. The van der Waals surface area contributed by atoms with E-state index in [1.807, 2.05) is 58.0 Å². The Hall–Kier alpha value is -2.02. The van der Waals surface area contributed by atoms with Crippen molar-refractivity contribution in [2.24, 2.45) is 11.8 Å². The van der Waals surface area contributed by atoms with Crippen LogP contribution < -0.4 is 5.32 Å². The van der Waals surface area contributed by atoms with Crippen molar-refractivity contribution >= 4 is 30.6 Å². The second-order valence-corrected chi connectivity index (χ2v) is 8.00. The third kappa shape index (κ3) is 8.03. The van der Waals surface area contributed by atoms with Gasteiger partial charge in [0, 0.05) is 12.8 Å². The molecule has 1 aromatic carbocycles. The van der Waals surface area contributed by atoms with E-state index in [0.29, 0.717) is 6.42 Å². The van der Waals surface area contributed by atoms with E-state index in [4.69, 9.17) is 0 Å². The van der Waals surface area contributed by atoms with Crippen LogP contribution in [0, 0.1) is 11.8 Å². The lowest BCUT2D eigenvalue weighted by molar-refractivity contribution is -0.143. The number of nitrogens with one attached hydrogen (secondary N) is 1. The molecule has 1 rings (SSSR count).